The molecule has 106 valence electrons. The Kier molecular flexibility index (Phi) is 5.02. The van der Waals surface area contributed by atoms with Gasteiger partial charge >= 0.3 is 0 Å². The highest BCUT2D eigenvalue weighted by Gasteiger charge is 2.08. The normalized spacial score (nSPS) is 10.8. The Labute approximate surface area is 121 Å². The maximum atomic E-state index is 6.09. The van der Waals surface area contributed by atoms with E-state index in [1.165, 1.54) is 5.56 Å². The smallest absolute Gasteiger partial charge is 0.120 e. The molecule has 20 heavy (non-hydrogen) atoms. The molecule has 3 nitrogen and oxygen atoms in total. The van der Waals surface area contributed by atoms with E-state index in [1.54, 1.807) is 7.11 Å². The highest BCUT2D eigenvalue weighted by atomic mass is 16.5. The van der Waals surface area contributed by atoms with E-state index in [4.69, 9.17) is 10.5 Å². The topological polar surface area (TPSA) is 38.5 Å². The minimum Gasteiger partial charge on any atom is -0.497 e. The van der Waals surface area contributed by atoms with E-state index in [9.17, 15) is 0 Å². The van der Waals surface area contributed by atoms with Gasteiger partial charge in [0.15, 0.2) is 0 Å². The predicted molar refractivity (Wildman–Crippen MR) is 83.6 cm³/mol. The van der Waals surface area contributed by atoms with Crippen LogP contribution >= 0.6 is 0 Å². The van der Waals surface area contributed by atoms with E-state index in [-0.39, 0.29) is 0 Å². The third kappa shape index (κ3) is 3.75. The predicted octanol–water partition coefficient (Wildman–Crippen LogP) is 3.30. The van der Waals surface area contributed by atoms with Crippen LogP contribution in [0.2, 0.25) is 0 Å². The van der Waals surface area contributed by atoms with Crippen molar-refractivity contribution < 1.29 is 4.74 Å². The summed E-state index contributed by atoms with van der Waals surface area (Å²) in [5.74, 6) is 0.803. The van der Waals surface area contributed by atoms with Crippen LogP contribution in [0.5, 0.6) is 5.75 Å². The Bertz CT molecular complexity index is 540. The molecule has 0 spiro atoms. The third-order valence-corrected chi connectivity index (χ3v) is 3.44. The molecular formula is C17H22N2O. The summed E-state index contributed by atoms with van der Waals surface area (Å²) in [5, 5.41) is 0. The maximum Gasteiger partial charge on any atom is 0.120 e. The van der Waals surface area contributed by atoms with Crippen molar-refractivity contribution in [3.8, 4) is 5.75 Å². The van der Waals surface area contributed by atoms with Gasteiger partial charge in [0.2, 0.25) is 0 Å². The van der Waals surface area contributed by atoms with E-state index in [0.717, 1.165) is 36.6 Å². The first-order chi connectivity index (χ1) is 9.72. The fourth-order valence-electron chi connectivity index (χ4n) is 2.21. The van der Waals surface area contributed by atoms with Crippen molar-refractivity contribution in [2.24, 2.45) is 0 Å². The van der Waals surface area contributed by atoms with Crippen LogP contribution in [0, 0.1) is 0 Å². The summed E-state index contributed by atoms with van der Waals surface area (Å²) in [7, 11) is 1.65. The van der Waals surface area contributed by atoms with Gasteiger partial charge in [0.25, 0.3) is 0 Å². The summed E-state index contributed by atoms with van der Waals surface area (Å²) in [4.78, 5) is 2.37. The summed E-state index contributed by atoms with van der Waals surface area (Å²) in [6.07, 6.45) is 0. The molecule has 0 aromatic heterocycles. The van der Waals surface area contributed by atoms with Gasteiger partial charge in [-0.3, -0.25) is 4.90 Å². The lowest BCUT2D eigenvalue weighted by Gasteiger charge is -2.21. The van der Waals surface area contributed by atoms with E-state index < -0.39 is 0 Å². The molecule has 3 heteroatoms. The van der Waals surface area contributed by atoms with Crippen LogP contribution in [0.3, 0.4) is 0 Å². The molecular weight excluding hydrogens is 248 g/mol. The van der Waals surface area contributed by atoms with E-state index in [0.29, 0.717) is 0 Å². The molecule has 0 unspecified atom stereocenters. The van der Waals surface area contributed by atoms with Gasteiger partial charge in [0.05, 0.1) is 7.11 Å². The van der Waals surface area contributed by atoms with Crippen LogP contribution in [-0.4, -0.2) is 18.6 Å². The van der Waals surface area contributed by atoms with Crippen LogP contribution < -0.4 is 10.5 Å². The highest BCUT2D eigenvalue weighted by Crippen LogP contribution is 2.21. The van der Waals surface area contributed by atoms with Crippen LogP contribution in [0.25, 0.3) is 0 Å². The maximum absolute atomic E-state index is 6.09. The van der Waals surface area contributed by atoms with Gasteiger partial charge in [-0.1, -0.05) is 43.3 Å². The van der Waals surface area contributed by atoms with Crippen molar-refractivity contribution in [1.29, 1.82) is 0 Å². The monoisotopic (exact) mass is 270 g/mol. The average Bonchev–Trinajstić information content (AvgIpc) is 2.49. The number of hydrogen-bond donors (Lipinski definition) is 1. The zero-order chi connectivity index (χ0) is 14.4. The average molecular weight is 270 g/mol. The fraction of sp³-hybridized carbons (Fsp3) is 0.294. The fourth-order valence-corrected chi connectivity index (χ4v) is 2.21. The Morgan fingerprint density at radius 3 is 2.40 bits per heavy atom. The Balaban J connectivity index is 2.06. The molecule has 0 aliphatic rings. The molecule has 2 aromatic carbocycles. The number of hydrogen-bond acceptors (Lipinski definition) is 3. The molecule has 2 rings (SSSR count). The SMILES string of the molecule is CCN(Cc1ccccc1)Cc1ccc(OC)cc1N. The van der Waals surface area contributed by atoms with E-state index >= 15 is 0 Å². The minimum atomic E-state index is 0.788. The Hall–Kier alpha value is -2.00. The standard InChI is InChI=1S/C17H22N2O/c1-3-19(12-14-7-5-4-6-8-14)13-15-9-10-16(20-2)11-17(15)18/h4-11H,3,12-13,18H2,1-2H3. The van der Waals surface area contributed by atoms with Crippen molar-refractivity contribution >= 4 is 5.69 Å². The third-order valence-electron chi connectivity index (χ3n) is 3.44. The first-order valence-corrected chi connectivity index (χ1v) is 6.91. The molecule has 0 bridgehead atoms. The number of benzene rings is 2. The van der Waals surface area contributed by atoms with E-state index in [2.05, 4.69) is 36.1 Å². The lowest BCUT2D eigenvalue weighted by atomic mass is 10.1. The number of methoxy groups -OCH3 is 1. The van der Waals surface area contributed by atoms with Gasteiger partial charge < -0.3 is 10.5 Å². The van der Waals surface area contributed by atoms with Gasteiger partial charge in [-0.15, -0.1) is 0 Å². The second-order valence-electron chi connectivity index (χ2n) is 4.85. The summed E-state index contributed by atoms with van der Waals surface area (Å²) in [6.45, 7) is 4.94. The van der Waals surface area contributed by atoms with E-state index in [1.807, 2.05) is 24.3 Å². The number of ether oxygens (including phenoxy) is 1. The number of anilines is 1. The summed E-state index contributed by atoms with van der Waals surface area (Å²) in [6, 6.07) is 16.4. The van der Waals surface area contributed by atoms with Gasteiger partial charge in [-0.05, 0) is 23.7 Å². The Morgan fingerprint density at radius 2 is 1.80 bits per heavy atom. The molecule has 0 fully saturated rings. The van der Waals surface area contributed by atoms with Crippen molar-refractivity contribution in [3.05, 3.63) is 59.7 Å². The number of nitrogens with zero attached hydrogens (tertiary/aromatic N) is 1. The quantitative estimate of drug-likeness (QED) is 0.819. The number of nitrogen functional groups attached to an aromatic ring is 1. The lowest BCUT2D eigenvalue weighted by Crippen LogP contribution is -2.22. The van der Waals surface area contributed by atoms with Crippen molar-refractivity contribution in [3.63, 3.8) is 0 Å². The summed E-state index contributed by atoms with van der Waals surface area (Å²) < 4.78 is 5.18. The highest BCUT2D eigenvalue weighted by molar-refractivity contribution is 5.51. The number of nitrogens with two attached hydrogens (primary N) is 1. The van der Waals surface area contributed by atoms with Gasteiger partial charge in [0, 0.05) is 24.8 Å². The molecule has 0 atom stereocenters. The van der Waals surface area contributed by atoms with Gasteiger partial charge in [-0.2, -0.15) is 0 Å². The molecule has 0 aliphatic heterocycles. The molecule has 0 heterocycles. The van der Waals surface area contributed by atoms with Gasteiger partial charge in [-0.25, -0.2) is 0 Å². The zero-order valence-corrected chi connectivity index (χ0v) is 12.2. The van der Waals surface area contributed by atoms with Crippen molar-refractivity contribution in [2.75, 3.05) is 19.4 Å². The second-order valence-corrected chi connectivity index (χ2v) is 4.85. The first-order valence-electron chi connectivity index (χ1n) is 6.91. The molecule has 2 N–H and O–H groups in total. The van der Waals surface area contributed by atoms with Crippen LogP contribution in [-0.2, 0) is 13.1 Å². The first kappa shape index (κ1) is 14.4. The molecule has 0 saturated carbocycles. The Morgan fingerprint density at radius 1 is 1.05 bits per heavy atom. The largest absolute Gasteiger partial charge is 0.497 e. The van der Waals surface area contributed by atoms with Crippen LogP contribution in [0.15, 0.2) is 48.5 Å². The molecule has 0 amide bonds. The lowest BCUT2D eigenvalue weighted by molar-refractivity contribution is 0.272. The minimum absolute atomic E-state index is 0.788. The molecule has 0 saturated heterocycles. The summed E-state index contributed by atoms with van der Waals surface area (Å²) >= 11 is 0. The van der Waals surface area contributed by atoms with Gasteiger partial charge in [0.1, 0.15) is 5.75 Å². The summed E-state index contributed by atoms with van der Waals surface area (Å²) in [5.41, 5.74) is 9.34. The second kappa shape index (κ2) is 6.96. The molecule has 2 aromatic rings. The van der Waals surface area contributed by atoms with Crippen LogP contribution in [0.4, 0.5) is 5.69 Å². The van der Waals surface area contributed by atoms with Crippen molar-refractivity contribution in [2.45, 2.75) is 20.0 Å². The number of rotatable bonds is 6. The zero-order valence-electron chi connectivity index (χ0n) is 12.2. The van der Waals surface area contributed by atoms with Crippen molar-refractivity contribution in [1.82, 2.24) is 4.90 Å². The van der Waals surface area contributed by atoms with Crippen LogP contribution in [0.1, 0.15) is 18.1 Å². The molecule has 0 radical (unpaired) electrons. The molecule has 0 aliphatic carbocycles.